The van der Waals surface area contributed by atoms with Crippen molar-refractivity contribution in [3.8, 4) is 0 Å². The Bertz CT molecular complexity index is 564. The number of hydrogen-bond donors (Lipinski definition) is 2. The molecule has 0 saturated carbocycles. The van der Waals surface area contributed by atoms with E-state index in [1.54, 1.807) is 24.0 Å². The zero-order valence-electron chi connectivity index (χ0n) is 12.5. The Morgan fingerprint density at radius 3 is 2.55 bits per heavy atom. The first-order valence-electron chi connectivity index (χ1n) is 7.00. The highest BCUT2D eigenvalue weighted by Gasteiger charge is 2.22. The molecule has 0 atom stereocenters. The second kappa shape index (κ2) is 7.26. The van der Waals surface area contributed by atoms with Gasteiger partial charge >= 0.3 is 12.0 Å². The molecule has 120 valence electrons. The van der Waals surface area contributed by atoms with Gasteiger partial charge in [0.1, 0.15) is 4.88 Å². The zero-order chi connectivity index (χ0) is 16.1. The number of anilines is 1. The van der Waals surface area contributed by atoms with Crippen molar-refractivity contribution in [2.45, 2.75) is 25.8 Å². The number of amides is 3. The summed E-state index contributed by atoms with van der Waals surface area (Å²) in [5.41, 5.74) is 0. The normalized spacial score (nSPS) is 15.3. The molecule has 0 radical (unpaired) electrons. The molecule has 1 saturated heterocycles. The number of thiophene rings is 1. The van der Waals surface area contributed by atoms with Crippen LogP contribution < -0.4 is 10.6 Å². The molecule has 2 heterocycles. The van der Waals surface area contributed by atoms with E-state index in [0.29, 0.717) is 23.0 Å². The lowest BCUT2D eigenvalue weighted by Crippen LogP contribution is -2.47. The molecule has 0 unspecified atom stereocenters. The molecule has 2 N–H and O–H groups in total. The summed E-state index contributed by atoms with van der Waals surface area (Å²) in [7, 11) is 1.31. The fourth-order valence-corrected chi connectivity index (χ4v) is 3.11. The molecule has 7 nitrogen and oxygen atoms in total. The molecule has 0 aromatic carbocycles. The number of carbonyl (C=O) groups is 3. The van der Waals surface area contributed by atoms with Gasteiger partial charge in [0.25, 0.3) is 0 Å². The number of ether oxygens (including phenoxy) is 1. The summed E-state index contributed by atoms with van der Waals surface area (Å²) >= 11 is 1.16. The second-order valence-corrected chi connectivity index (χ2v) is 6.12. The van der Waals surface area contributed by atoms with Crippen molar-refractivity contribution in [1.82, 2.24) is 10.2 Å². The maximum absolute atomic E-state index is 11.9. The molecule has 2 rings (SSSR count). The van der Waals surface area contributed by atoms with Gasteiger partial charge in [0.15, 0.2) is 0 Å². The topological polar surface area (TPSA) is 87.7 Å². The number of esters is 1. The molecular weight excluding hydrogens is 306 g/mol. The molecule has 0 spiro atoms. The number of rotatable bonds is 3. The van der Waals surface area contributed by atoms with E-state index in [0.717, 1.165) is 24.2 Å². The van der Waals surface area contributed by atoms with E-state index in [1.165, 1.54) is 7.11 Å². The second-order valence-electron chi connectivity index (χ2n) is 5.03. The minimum atomic E-state index is -0.421. The molecule has 1 aliphatic rings. The van der Waals surface area contributed by atoms with Crippen molar-refractivity contribution in [2.75, 3.05) is 25.5 Å². The Kier molecular flexibility index (Phi) is 5.37. The largest absolute Gasteiger partial charge is 0.465 e. The summed E-state index contributed by atoms with van der Waals surface area (Å²) in [6.07, 6.45) is 1.48. The van der Waals surface area contributed by atoms with E-state index in [1.807, 2.05) is 0 Å². The first kappa shape index (κ1) is 16.3. The summed E-state index contributed by atoms with van der Waals surface area (Å²) in [6.45, 7) is 2.87. The zero-order valence-corrected chi connectivity index (χ0v) is 13.4. The molecule has 0 bridgehead atoms. The Morgan fingerprint density at radius 2 is 1.95 bits per heavy atom. The minimum absolute atomic E-state index is 0.0515. The average molecular weight is 325 g/mol. The number of piperidine rings is 1. The maximum atomic E-state index is 11.9. The summed E-state index contributed by atoms with van der Waals surface area (Å²) in [6, 6.07) is 3.02. The van der Waals surface area contributed by atoms with Crippen molar-refractivity contribution in [3.05, 3.63) is 17.0 Å². The predicted octanol–water partition coefficient (Wildman–Crippen LogP) is 1.67. The summed E-state index contributed by atoms with van der Waals surface area (Å²) in [5, 5.41) is 6.17. The molecule has 3 amide bonds. The molecule has 8 heteroatoms. The number of methoxy groups -OCH3 is 1. The van der Waals surface area contributed by atoms with E-state index in [9.17, 15) is 14.4 Å². The predicted molar refractivity (Wildman–Crippen MR) is 83.1 cm³/mol. The Hall–Kier alpha value is -2.09. The van der Waals surface area contributed by atoms with Crippen LogP contribution in [0.1, 0.15) is 29.4 Å². The fraction of sp³-hybridized carbons (Fsp3) is 0.500. The summed E-state index contributed by atoms with van der Waals surface area (Å²) in [5.74, 6) is -0.355. The monoisotopic (exact) mass is 325 g/mol. The van der Waals surface area contributed by atoms with E-state index in [-0.39, 0.29) is 18.0 Å². The Labute approximate surface area is 132 Å². The number of carbonyl (C=O) groups excluding carboxylic acids is 3. The van der Waals surface area contributed by atoms with Gasteiger partial charge in [0.2, 0.25) is 5.91 Å². The van der Waals surface area contributed by atoms with Crippen LogP contribution in [0.4, 0.5) is 9.80 Å². The SMILES string of the molecule is COC(=O)c1ccc(NC(=O)NC2CCN(C(C)=O)CC2)s1. The van der Waals surface area contributed by atoms with E-state index < -0.39 is 5.97 Å². The van der Waals surface area contributed by atoms with Gasteiger partial charge in [-0.25, -0.2) is 9.59 Å². The Morgan fingerprint density at radius 1 is 1.27 bits per heavy atom. The number of likely N-dealkylation sites (tertiary alicyclic amines) is 1. The molecule has 1 aromatic heterocycles. The smallest absolute Gasteiger partial charge is 0.348 e. The van der Waals surface area contributed by atoms with Crippen molar-refractivity contribution >= 4 is 34.2 Å². The maximum Gasteiger partial charge on any atom is 0.348 e. The van der Waals surface area contributed by atoms with Gasteiger partial charge < -0.3 is 15.0 Å². The van der Waals surface area contributed by atoms with Crippen LogP contribution in [0.2, 0.25) is 0 Å². The van der Waals surface area contributed by atoms with E-state index in [4.69, 9.17) is 0 Å². The van der Waals surface area contributed by atoms with Crippen LogP contribution >= 0.6 is 11.3 Å². The van der Waals surface area contributed by atoms with Crippen LogP contribution in [0, 0.1) is 0 Å². The first-order valence-corrected chi connectivity index (χ1v) is 7.82. The lowest BCUT2D eigenvalue weighted by atomic mass is 10.1. The third kappa shape index (κ3) is 4.20. The molecule has 22 heavy (non-hydrogen) atoms. The van der Waals surface area contributed by atoms with Gasteiger partial charge in [0, 0.05) is 26.1 Å². The average Bonchev–Trinajstić information content (AvgIpc) is 2.95. The highest BCUT2D eigenvalue weighted by atomic mass is 32.1. The lowest BCUT2D eigenvalue weighted by Gasteiger charge is -2.31. The van der Waals surface area contributed by atoms with Crippen LogP contribution in [0.3, 0.4) is 0 Å². The van der Waals surface area contributed by atoms with Crippen LogP contribution in [0.5, 0.6) is 0 Å². The first-order chi connectivity index (χ1) is 10.5. The van der Waals surface area contributed by atoms with Gasteiger partial charge in [-0.05, 0) is 25.0 Å². The number of nitrogens with zero attached hydrogens (tertiary/aromatic N) is 1. The van der Waals surface area contributed by atoms with Crippen LogP contribution in [-0.2, 0) is 9.53 Å². The van der Waals surface area contributed by atoms with Gasteiger partial charge in [-0.1, -0.05) is 0 Å². The highest BCUT2D eigenvalue weighted by Crippen LogP contribution is 2.22. The van der Waals surface area contributed by atoms with Crippen molar-refractivity contribution in [2.24, 2.45) is 0 Å². The fourth-order valence-electron chi connectivity index (χ4n) is 2.29. The van der Waals surface area contributed by atoms with Gasteiger partial charge in [-0.15, -0.1) is 11.3 Å². The number of hydrogen-bond acceptors (Lipinski definition) is 5. The number of urea groups is 1. The number of nitrogens with one attached hydrogen (secondary N) is 2. The van der Waals surface area contributed by atoms with E-state index >= 15 is 0 Å². The van der Waals surface area contributed by atoms with Crippen molar-refractivity contribution in [3.63, 3.8) is 0 Å². The van der Waals surface area contributed by atoms with Crippen molar-refractivity contribution in [1.29, 1.82) is 0 Å². The minimum Gasteiger partial charge on any atom is -0.465 e. The molecule has 1 aromatic rings. The summed E-state index contributed by atoms with van der Waals surface area (Å²) in [4.78, 5) is 36.7. The summed E-state index contributed by atoms with van der Waals surface area (Å²) < 4.78 is 4.62. The van der Waals surface area contributed by atoms with Crippen LogP contribution in [0.15, 0.2) is 12.1 Å². The van der Waals surface area contributed by atoms with E-state index in [2.05, 4.69) is 15.4 Å². The van der Waals surface area contributed by atoms with Crippen LogP contribution in [0.25, 0.3) is 0 Å². The van der Waals surface area contributed by atoms with Gasteiger partial charge in [-0.2, -0.15) is 0 Å². The molecular formula is C14H19N3O4S. The standard InChI is InChI=1S/C14H19N3O4S/c1-9(18)17-7-5-10(6-8-17)15-14(20)16-12-4-3-11(22-12)13(19)21-2/h3-4,10H,5-8H2,1-2H3,(H2,15,16,20). The van der Waals surface area contributed by atoms with Gasteiger partial charge in [-0.3, -0.25) is 10.1 Å². The lowest BCUT2D eigenvalue weighted by molar-refractivity contribution is -0.129. The molecule has 1 fully saturated rings. The quantitative estimate of drug-likeness (QED) is 0.828. The Balaban J connectivity index is 1.80. The molecule has 1 aliphatic heterocycles. The van der Waals surface area contributed by atoms with Gasteiger partial charge in [0.05, 0.1) is 12.1 Å². The van der Waals surface area contributed by atoms with Crippen LogP contribution in [-0.4, -0.2) is 49.0 Å². The van der Waals surface area contributed by atoms with Crippen molar-refractivity contribution < 1.29 is 19.1 Å². The third-order valence-electron chi connectivity index (χ3n) is 3.50. The third-order valence-corrected chi connectivity index (χ3v) is 4.49. The molecule has 0 aliphatic carbocycles. The highest BCUT2D eigenvalue weighted by molar-refractivity contribution is 7.18.